The van der Waals surface area contributed by atoms with Gasteiger partial charge in [0.1, 0.15) is 5.75 Å². The topological polar surface area (TPSA) is 41.5 Å². The number of hydrogen-bond acceptors (Lipinski definition) is 3. The summed E-state index contributed by atoms with van der Waals surface area (Å²) in [6.45, 7) is 5.91. The van der Waals surface area contributed by atoms with Crippen LogP contribution in [0.25, 0.3) is 0 Å². The van der Waals surface area contributed by atoms with Gasteiger partial charge in [-0.1, -0.05) is 31.0 Å². The van der Waals surface area contributed by atoms with Crippen molar-refractivity contribution in [3.63, 3.8) is 0 Å². The van der Waals surface area contributed by atoms with E-state index in [9.17, 15) is 5.11 Å². The maximum atomic E-state index is 10.0. The van der Waals surface area contributed by atoms with Crippen molar-refractivity contribution in [3.05, 3.63) is 29.8 Å². The molecule has 0 bridgehead atoms. The lowest BCUT2D eigenvalue weighted by atomic mass is 9.86. The Hall–Kier alpha value is -1.06. The second-order valence-corrected chi connectivity index (χ2v) is 6.50. The van der Waals surface area contributed by atoms with Crippen LogP contribution in [-0.4, -0.2) is 30.4 Å². The first kappa shape index (κ1) is 17.3. The first-order chi connectivity index (χ1) is 10.7. The minimum absolute atomic E-state index is 0.105. The van der Waals surface area contributed by atoms with E-state index in [1.807, 2.05) is 13.0 Å². The Balaban J connectivity index is 1.74. The van der Waals surface area contributed by atoms with Gasteiger partial charge < -0.3 is 15.2 Å². The molecule has 1 aromatic carbocycles. The molecule has 1 saturated carbocycles. The maximum absolute atomic E-state index is 10.0. The largest absolute Gasteiger partial charge is 0.494 e. The molecule has 22 heavy (non-hydrogen) atoms. The van der Waals surface area contributed by atoms with Crippen LogP contribution in [0.4, 0.5) is 0 Å². The average molecular weight is 305 g/mol. The average Bonchev–Trinajstić information content (AvgIpc) is 2.53. The Morgan fingerprint density at radius 3 is 2.82 bits per heavy atom. The van der Waals surface area contributed by atoms with Gasteiger partial charge in [0.15, 0.2) is 0 Å². The van der Waals surface area contributed by atoms with Gasteiger partial charge in [-0.05, 0) is 57.1 Å². The maximum Gasteiger partial charge on any atom is 0.122 e. The lowest BCUT2D eigenvalue weighted by Crippen LogP contribution is -2.37. The van der Waals surface area contributed by atoms with Crippen LogP contribution in [0.15, 0.2) is 24.3 Å². The van der Waals surface area contributed by atoms with Crippen molar-refractivity contribution in [2.24, 2.45) is 5.92 Å². The Morgan fingerprint density at radius 1 is 1.27 bits per heavy atom. The van der Waals surface area contributed by atoms with E-state index in [-0.39, 0.29) is 6.10 Å². The van der Waals surface area contributed by atoms with E-state index in [1.165, 1.54) is 18.4 Å². The normalized spacial score (nSPS) is 23.2. The predicted molar refractivity (Wildman–Crippen MR) is 91.4 cm³/mol. The second kappa shape index (κ2) is 9.16. The third-order valence-corrected chi connectivity index (χ3v) is 4.72. The number of aryl methyl sites for hydroxylation is 1. The molecule has 1 fully saturated rings. The molecule has 0 radical (unpaired) electrons. The molecule has 1 aliphatic carbocycles. The van der Waals surface area contributed by atoms with Gasteiger partial charge in [0.05, 0.1) is 12.7 Å². The summed E-state index contributed by atoms with van der Waals surface area (Å²) < 4.78 is 5.69. The summed E-state index contributed by atoms with van der Waals surface area (Å²) in [7, 11) is 0. The molecule has 0 spiro atoms. The van der Waals surface area contributed by atoms with Crippen LogP contribution in [0.5, 0.6) is 5.75 Å². The van der Waals surface area contributed by atoms with E-state index >= 15 is 0 Å². The minimum Gasteiger partial charge on any atom is -0.494 e. The third-order valence-electron chi connectivity index (χ3n) is 4.72. The number of ether oxygens (including phenoxy) is 1. The van der Waals surface area contributed by atoms with Crippen molar-refractivity contribution in [3.8, 4) is 5.75 Å². The van der Waals surface area contributed by atoms with Crippen molar-refractivity contribution in [2.45, 2.75) is 64.5 Å². The van der Waals surface area contributed by atoms with Crippen molar-refractivity contribution >= 4 is 0 Å². The quantitative estimate of drug-likeness (QED) is 0.772. The molecule has 3 nitrogen and oxygen atoms in total. The molecule has 2 N–H and O–H groups in total. The SMILES string of the molecule is CCOc1ccccc1CCC(C)NCC1CCCCC1O. The highest BCUT2D eigenvalue weighted by atomic mass is 16.5. The number of rotatable bonds is 8. The smallest absolute Gasteiger partial charge is 0.122 e. The molecule has 0 aromatic heterocycles. The van der Waals surface area contributed by atoms with Crippen LogP contribution in [0.3, 0.4) is 0 Å². The van der Waals surface area contributed by atoms with Crippen LogP contribution in [0.1, 0.15) is 51.5 Å². The van der Waals surface area contributed by atoms with Gasteiger partial charge in [0.2, 0.25) is 0 Å². The van der Waals surface area contributed by atoms with Crippen LogP contribution in [0, 0.1) is 5.92 Å². The fourth-order valence-electron chi connectivity index (χ4n) is 3.26. The summed E-state index contributed by atoms with van der Waals surface area (Å²) in [4.78, 5) is 0. The monoisotopic (exact) mass is 305 g/mol. The highest BCUT2D eigenvalue weighted by molar-refractivity contribution is 5.33. The predicted octanol–water partition coefficient (Wildman–Crippen LogP) is 3.55. The fraction of sp³-hybridized carbons (Fsp3) is 0.684. The Labute approximate surface area is 135 Å². The van der Waals surface area contributed by atoms with Crippen LogP contribution in [0.2, 0.25) is 0 Å². The fourth-order valence-corrected chi connectivity index (χ4v) is 3.26. The lowest BCUT2D eigenvalue weighted by Gasteiger charge is -2.29. The molecular weight excluding hydrogens is 274 g/mol. The van der Waals surface area contributed by atoms with Gasteiger partial charge in [-0.3, -0.25) is 0 Å². The number of aliphatic hydroxyl groups is 1. The molecule has 1 aromatic rings. The molecule has 124 valence electrons. The van der Waals surface area contributed by atoms with Gasteiger partial charge in [-0.2, -0.15) is 0 Å². The van der Waals surface area contributed by atoms with Crippen LogP contribution in [-0.2, 0) is 6.42 Å². The van der Waals surface area contributed by atoms with Crippen molar-refractivity contribution in [1.29, 1.82) is 0 Å². The van der Waals surface area contributed by atoms with Gasteiger partial charge in [-0.25, -0.2) is 0 Å². The zero-order valence-corrected chi connectivity index (χ0v) is 14.1. The van der Waals surface area contributed by atoms with Gasteiger partial charge in [0.25, 0.3) is 0 Å². The van der Waals surface area contributed by atoms with Crippen LogP contribution >= 0.6 is 0 Å². The zero-order chi connectivity index (χ0) is 15.8. The van der Waals surface area contributed by atoms with Gasteiger partial charge >= 0.3 is 0 Å². The molecule has 0 amide bonds. The minimum atomic E-state index is -0.105. The van der Waals surface area contributed by atoms with Gasteiger partial charge in [-0.15, -0.1) is 0 Å². The summed E-state index contributed by atoms with van der Waals surface area (Å²) >= 11 is 0. The summed E-state index contributed by atoms with van der Waals surface area (Å²) in [6, 6.07) is 8.77. The summed E-state index contributed by atoms with van der Waals surface area (Å²) in [5.41, 5.74) is 1.29. The first-order valence-corrected chi connectivity index (χ1v) is 8.82. The number of nitrogens with one attached hydrogen (secondary N) is 1. The highest BCUT2D eigenvalue weighted by Crippen LogP contribution is 2.24. The van der Waals surface area contributed by atoms with E-state index in [0.717, 1.165) is 38.0 Å². The number of benzene rings is 1. The molecule has 1 aliphatic rings. The van der Waals surface area contributed by atoms with Crippen molar-refractivity contribution in [2.75, 3.05) is 13.2 Å². The summed E-state index contributed by atoms with van der Waals surface area (Å²) in [6.07, 6.45) is 6.59. The standard InChI is InChI=1S/C19H31NO2/c1-3-22-19-11-7-5-8-16(19)13-12-15(2)20-14-17-9-4-6-10-18(17)21/h5,7-8,11,15,17-18,20-21H,3-4,6,9-10,12-14H2,1-2H3. The molecule has 3 unspecified atom stereocenters. The third kappa shape index (κ3) is 5.29. The molecule has 3 atom stereocenters. The number of hydrogen-bond donors (Lipinski definition) is 2. The summed E-state index contributed by atoms with van der Waals surface area (Å²) in [5, 5.41) is 13.6. The molecule has 0 heterocycles. The van der Waals surface area contributed by atoms with E-state index < -0.39 is 0 Å². The molecule has 3 heteroatoms. The van der Waals surface area contributed by atoms with E-state index in [4.69, 9.17) is 4.74 Å². The zero-order valence-electron chi connectivity index (χ0n) is 14.1. The highest BCUT2D eigenvalue weighted by Gasteiger charge is 2.22. The van der Waals surface area contributed by atoms with Crippen LogP contribution < -0.4 is 10.1 Å². The number of aliphatic hydroxyl groups excluding tert-OH is 1. The Morgan fingerprint density at radius 2 is 2.05 bits per heavy atom. The van der Waals surface area contributed by atoms with E-state index in [1.54, 1.807) is 0 Å². The first-order valence-electron chi connectivity index (χ1n) is 8.82. The Bertz CT molecular complexity index is 435. The molecule has 0 saturated heterocycles. The van der Waals surface area contributed by atoms with E-state index in [0.29, 0.717) is 18.6 Å². The number of para-hydroxylation sites is 1. The molecular formula is C19H31NO2. The van der Waals surface area contributed by atoms with Crippen molar-refractivity contribution in [1.82, 2.24) is 5.32 Å². The second-order valence-electron chi connectivity index (χ2n) is 6.50. The lowest BCUT2D eigenvalue weighted by molar-refractivity contribution is 0.0683. The van der Waals surface area contributed by atoms with E-state index in [2.05, 4.69) is 30.4 Å². The molecule has 0 aliphatic heterocycles. The summed E-state index contributed by atoms with van der Waals surface area (Å²) in [5.74, 6) is 1.45. The Kier molecular flexibility index (Phi) is 7.20. The van der Waals surface area contributed by atoms with Crippen molar-refractivity contribution < 1.29 is 9.84 Å². The van der Waals surface area contributed by atoms with Gasteiger partial charge in [0, 0.05) is 12.6 Å². The molecule has 2 rings (SSSR count).